The van der Waals surface area contributed by atoms with Crippen LogP contribution in [0.15, 0.2) is 33.3 Å². The highest BCUT2D eigenvalue weighted by Crippen LogP contribution is 2.26. The Balaban J connectivity index is 1.89. The molecule has 2 aliphatic carbocycles. The van der Waals surface area contributed by atoms with Crippen LogP contribution in [-0.4, -0.2) is 24.5 Å². The molecule has 0 spiro atoms. The van der Waals surface area contributed by atoms with E-state index >= 15 is 0 Å². The van der Waals surface area contributed by atoms with E-state index < -0.39 is 0 Å². The number of allylic oxidation sites excluding steroid dienone is 4. The maximum atomic E-state index is 5.06. The summed E-state index contributed by atoms with van der Waals surface area (Å²) in [6.45, 7) is 0.980. The average molecular weight is 256 g/mol. The van der Waals surface area contributed by atoms with Gasteiger partial charge in [-0.3, -0.25) is 9.98 Å². The van der Waals surface area contributed by atoms with Gasteiger partial charge >= 0.3 is 0 Å². The van der Waals surface area contributed by atoms with Crippen LogP contribution in [0.1, 0.15) is 57.8 Å². The quantitative estimate of drug-likeness (QED) is 0.669. The smallest absolute Gasteiger partial charge is 0.0661 e. The van der Waals surface area contributed by atoms with Crippen molar-refractivity contribution >= 4 is 11.9 Å². The molecule has 0 aromatic heterocycles. The highest BCUT2D eigenvalue weighted by molar-refractivity contribution is 6.22. The van der Waals surface area contributed by atoms with Gasteiger partial charge in [0.15, 0.2) is 0 Å². The topological polar surface area (TPSA) is 24.7 Å². The lowest BCUT2D eigenvalue weighted by Gasteiger charge is -2.19. The fourth-order valence-electron chi connectivity index (χ4n) is 3.33. The van der Waals surface area contributed by atoms with Crippen molar-refractivity contribution < 1.29 is 0 Å². The molecule has 0 saturated heterocycles. The highest BCUT2D eigenvalue weighted by Gasteiger charge is 2.17. The summed E-state index contributed by atoms with van der Waals surface area (Å²) in [6, 6.07) is 0.553. The summed E-state index contributed by atoms with van der Waals surface area (Å²) in [5, 5.41) is 0. The molecule has 2 nitrogen and oxygen atoms in total. The van der Waals surface area contributed by atoms with Gasteiger partial charge in [-0.25, -0.2) is 0 Å². The molecule has 3 rings (SSSR count). The van der Waals surface area contributed by atoms with Crippen LogP contribution >= 0.6 is 0 Å². The van der Waals surface area contributed by atoms with Crippen LogP contribution in [0, 0.1) is 0 Å². The van der Waals surface area contributed by atoms with Gasteiger partial charge in [0.25, 0.3) is 0 Å². The van der Waals surface area contributed by atoms with Crippen molar-refractivity contribution in [3.05, 3.63) is 23.3 Å². The molecule has 0 radical (unpaired) electrons. The predicted octanol–water partition coefficient (Wildman–Crippen LogP) is 4.27. The van der Waals surface area contributed by atoms with Gasteiger partial charge in [-0.1, -0.05) is 30.9 Å². The molecule has 1 fully saturated rings. The van der Waals surface area contributed by atoms with Crippen molar-refractivity contribution in [1.82, 2.24) is 0 Å². The summed E-state index contributed by atoms with van der Waals surface area (Å²) < 4.78 is 0. The number of aliphatic imine (C=N–C) groups is 2. The minimum atomic E-state index is 0.553. The van der Waals surface area contributed by atoms with Gasteiger partial charge < -0.3 is 0 Å². The largest absolute Gasteiger partial charge is 0.292 e. The fraction of sp³-hybridized carbons (Fsp3) is 0.647. The highest BCUT2D eigenvalue weighted by atomic mass is 14.8. The van der Waals surface area contributed by atoms with E-state index in [9.17, 15) is 0 Å². The lowest BCUT2D eigenvalue weighted by atomic mass is 9.95. The van der Waals surface area contributed by atoms with Crippen molar-refractivity contribution in [1.29, 1.82) is 0 Å². The molecule has 0 aromatic rings. The molecule has 1 heterocycles. The van der Waals surface area contributed by atoms with Gasteiger partial charge in [-0.15, -0.1) is 0 Å². The van der Waals surface area contributed by atoms with Crippen LogP contribution in [0.2, 0.25) is 0 Å². The van der Waals surface area contributed by atoms with Crippen LogP contribution in [0.5, 0.6) is 0 Å². The molecule has 102 valence electrons. The zero-order valence-electron chi connectivity index (χ0n) is 11.8. The Morgan fingerprint density at radius 2 is 1.95 bits per heavy atom. The Bertz CT molecular complexity index is 434. The first-order valence-electron chi connectivity index (χ1n) is 7.90. The number of rotatable bonds is 1. The SMILES string of the molecule is C1=CC(=NC2CCCCC2)C2=C(CC1)CCCN=C2. The molecular weight excluding hydrogens is 232 g/mol. The van der Waals surface area contributed by atoms with E-state index in [1.165, 1.54) is 62.7 Å². The summed E-state index contributed by atoms with van der Waals surface area (Å²) in [7, 11) is 0. The van der Waals surface area contributed by atoms with Crippen molar-refractivity contribution in [2.24, 2.45) is 9.98 Å². The van der Waals surface area contributed by atoms with E-state index in [0.29, 0.717) is 6.04 Å². The molecule has 3 aliphatic rings. The van der Waals surface area contributed by atoms with Gasteiger partial charge in [0.1, 0.15) is 0 Å². The van der Waals surface area contributed by atoms with E-state index in [0.717, 1.165) is 13.0 Å². The van der Waals surface area contributed by atoms with Gasteiger partial charge in [-0.2, -0.15) is 0 Å². The van der Waals surface area contributed by atoms with E-state index in [1.807, 2.05) is 0 Å². The zero-order valence-corrected chi connectivity index (χ0v) is 11.8. The first kappa shape index (κ1) is 12.8. The predicted molar refractivity (Wildman–Crippen MR) is 82.3 cm³/mol. The van der Waals surface area contributed by atoms with Gasteiger partial charge in [0.05, 0.1) is 11.8 Å². The summed E-state index contributed by atoms with van der Waals surface area (Å²) in [5.74, 6) is 0. The van der Waals surface area contributed by atoms with Gasteiger partial charge in [0, 0.05) is 18.3 Å². The average Bonchev–Trinajstić information content (AvgIpc) is 2.77. The lowest BCUT2D eigenvalue weighted by molar-refractivity contribution is 0.444. The van der Waals surface area contributed by atoms with E-state index in [1.54, 1.807) is 5.57 Å². The molecule has 19 heavy (non-hydrogen) atoms. The number of hydrogen-bond donors (Lipinski definition) is 0. The summed E-state index contributed by atoms with van der Waals surface area (Å²) >= 11 is 0. The van der Waals surface area contributed by atoms with Crippen molar-refractivity contribution in [3.8, 4) is 0 Å². The maximum absolute atomic E-state index is 5.06. The van der Waals surface area contributed by atoms with Gasteiger partial charge in [0.2, 0.25) is 0 Å². The van der Waals surface area contributed by atoms with E-state index in [4.69, 9.17) is 4.99 Å². The second kappa shape index (κ2) is 6.31. The molecular formula is C17H24N2. The second-order valence-corrected chi connectivity index (χ2v) is 5.90. The van der Waals surface area contributed by atoms with Crippen molar-refractivity contribution in [3.63, 3.8) is 0 Å². The number of nitrogens with zero attached hydrogens (tertiary/aromatic N) is 2. The molecule has 0 amide bonds. The first-order chi connectivity index (χ1) is 9.43. The maximum Gasteiger partial charge on any atom is 0.0661 e. The Hall–Kier alpha value is -1.18. The third kappa shape index (κ3) is 3.23. The van der Waals surface area contributed by atoms with E-state index in [2.05, 4.69) is 23.4 Å². The van der Waals surface area contributed by atoms with Crippen LogP contribution in [-0.2, 0) is 0 Å². The van der Waals surface area contributed by atoms with Crippen molar-refractivity contribution in [2.75, 3.05) is 6.54 Å². The Kier molecular flexibility index (Phi) is 4.27. The Labute approximate surface area is 116 Å². The second-order valence-electron chi connectivity index (χ2n) is 5.90. The molecule has 0 aromatic carbocycles. The molecule has 0 N–H and O–H groups in total. The molecule has 0 atom stereocenters. The minimum Gasteiger partial charge on any atom is -0.292 e. The molecule has 0 bridgehead atoms. The normalized spacial score (nSPS) is 27.3. The lowest BCUT2D eigenvalue weighted by Crippen LogP contribution is -2.14. The summed E-state index contributed by atoms with van der Waals surface area (Å²) in [6.07, 6.45) is 18.1. The molecule has 2 heteroatoms. The van der Waals surface area contributed by atoms with Crippen LogP contribution in [0.3, 0.4) is 0 Å². The monoisotopic (exact) mass is 256 g/mol. The Morgan fingerprint density at radius 1 is 1.05 bits per heavy atom. The molecule has 1 aliphatic heterocycles. The molecule has 1 saturated carbocycles. The van der Waals surface area contributed by atoms with Crippen LogP contribution in [0.25, 0.3) is 0 Å². The Morgan fingerprint density at radius 3 is 2.84 bits per heavy atom. The number of hydrogen-bond acceptors (Lipinski definition) is 2. The summed E-state index contributed by atoms with van der Waals surface area (Å²) in [4.78, 5) is 9.60. The standard InChI is InChI=1S/C17H24N2/c1-2-9-15(10-3-1)19-17-11-5-4-7-14-8-6-12-18-13-16(14)17/h5,11,13,15H,1-4,6-10,12H2. The van der Waals surface area contributed by atoms with Crippen molar-refractivity contribution in [2.45, 2.75) is 63.8 Å². The fourth-order valence-corrected chi connectivity index (χ4v) is 3.33. The molecule has 0 unspecified atom stereocenters. The van der Waals surface area contributed by atoms with Gasteiger partial charge in [-0.05, 0) is 44.6 Å². The minimum absolute atomic E-state index is 0.553. The zero-order chi connectivity index (χ0) is 12.9. The first-order valence-corrected chi connectivity index (χ1v) is 7.90. The van der Waals surface area contributed by atoms with E-state index in [-0.39, 0.29) is 0 Å². The summed E-state index contributed by atoms with van der Waals surface area (Å²) in [5.41, 5.74) is 4.14. The van der Waals surface area contributed by atoms with Crippen LogP contribution < -0.4 is 0 Å². The third-order valence-corrected chi connectivity index (χ3v) is 4.43. The van der Waals surface area contributed by atoms with Crippen LogP contribution in [0.4, 0.5) is 0 Å². The third-order valence-electron chi connectivity index (χ3n) is 4.43.